The second kappa shape index (κ2) is 0.515. The second-order valence-electron chi connectivity index (χ2n) is 0.621. The summed E-state index contributed by atoms with van der Waals surface area (Å²) < 4.78 is 22.4. The first-order valence-corrected chi connectivity index (χ1v) is 2.32. The van der Waals surface area contributed by atoms with Gasteiger partial charge in [0.25, 0.3) is 0 Å². The van der Waals surface area contributed by atoms with Crippen molar-refractivity contribution in [2.75, 3.05) is 0 Å². The van der Waals surface area contributed by atoms with Crippen LogP contribution in [0.2, 0.25) is 0 Å². The zero-order valence-corrected chi connectivity index (χ0v) is 2.95. The van der Waals surface area contributed by atoms with Crippen molar-refractivity contribution < 1.29 is 12.7 Å². The summed E-state index contributed by atoms with van der Waals surface area (Å²) in [7, 11) is -3.17. The lowest BCUT2D eigenvalue weighted by atomic mass is 13.6. The van der Waals surface area contributed by atoms with E-state index in [2.05, 4.69) is 4.28 Å². The van der Waals surface area contributed by atoms with E-state index in [4.69, 9.17) is 0 Å². The van der Waals surface area contributed by atoms with Crippen LogP contribution in [0.4, 0.5) is 0 Å². The van der Waals surface area contributed by atoms with Crippen molar-refractivity contribution in [3.63, 3.8) is 0 Å². The Morgan fingerprint density at radius 1 is 1.60 bits per heavy atom. The molecule has 0 aromatic carbocycles. The van der Waals surface area contributed by atoms with Crippen LogP contribution in [-0.4, -0.2) is 8.42 Å². The predicted molar refractivity (Wildman–Crippen MR) is 13.1 cm³/mol. The summed E-state index contributed by atoms with van der Waals surface area (Å²) in [5, 5.41) is 0. The zero-order chi connectivity index (χ0) is 3.91. The Balaban J connectivity index is 3.15. The molecule has 1 fully saturated rings. The molecule has 0 radical (unpaired) electrons. The Labute approximate surface area is 29.0 Å². The Kier molecular flexibility index (Phi) is 0.317. The summed E-state index contributed by atoms with van der Waals surface area (Å²) in [6.45, 7) is 0. The Morgan fingerprint density at radius 2 is 1.80 bits per heavy atom. The molecule has 5 heteroatoms. The van der Waals surface area contributed by atoms with E-state index in [1.807, 2.05) is 0 Å². The monoisotopic (exact) mass is 95.0 g/mol. The van der Waals surface area contributed by atoms with Gasteiger partial charge in [0.1, 0.15) is 0 Å². The third kappa shape index (κ3) is 0.571. The quantitative estimate of drug-likeness (QED) is 0.383. The van der Waals surface area contributed by atoms with Crippen molar-refractivity contribution in [3.8, 4) is 0 Å². The molecule has 1 rings (SSSR count). The molecule has 1 aliphatic rings. The van der Waals surface area contributed by atoms with Gasteiger partial charge < -0.3 is 0 Å². The molecule has 1 saturated heterocycles. The van der Waals surface area contributed by atoms with Crippen LogP contribution < -0.4 is 4.89 Å². The fourth-order valence-corrected chi connectivity index (χ4v) is 0.250. The number of hydrogen-bond acceptors (Lipinski definition) is 3. The smallest absolute Gasteiger partial charge is 0.178 e. The van der Waals surface area contributed by atoms with E-state index in [0.717, 1.165) is 0 Å². The molecule has 1 aliphatic heterocycles. The second-order valence-corrected chi connectivity index (χ2v) is 1.86. The highest BCUT2D eigenvalue weighted by Gasteiger charge is 2.26. The number of rotatable bonds is 0. The Morgan fingerprint density at radius 3 is 1.80 bits per heavy atom. The molecule has 0 amide bonds. The third-order valence-electron chi connectivity index (χ3n) is 0.219. The molecule has 0 bridgehead atoms. The van der Waals surface area contributed by atoms with E-state index in [0.29, 0.717) is 0 Å². The van der Waals surface area contributed by atoms with Crippen LogP contribution in [0.3, 0.4) is 0 Å². The van der Waals surface area contributed by atoms with Gasteiger partial charge in [-0.3, -0.25) is 0 Å². The molecule has 0 spiro atoms. The summed E-state index contributed by atoms with van der Waals surface area (Å²) in [4.78, 5) is 1.65. The standard InChI is InChI=1S/HNO3S/c2-5(3)1-4-5/h1H. The maximum atomic E-state index is 9.41. The van der Waals surface area contributed by atoms with Gasteiger partial charge in [0.05, 0.1) is 0 Å². The Bertz CT molecular complexity index is 110. The van der Waals surface area contributed by atoms with Crippen molar-refractivity contribution >= 4 is 10.3 Å². The van der Waals surface area contributed by atoms with Crippen LogP contribution >= 0.6 is 0 Å². The number of hydrogen-bond donors (Lipinski definition) is 1. The molecule has 1 N–H and O–H groups in total. The van der Waals surface area contributed by atoms with Gasteiger partial charge in [0.15, 0.2) is 0 Å². The maximum Gasteiger partial charge on any atom is 0.376 e. The molecule has 0 unspecified atom stereocenters. The minimum atomic E-state index is -3.17. The molecular weight excluding hydrogens is 94.1 g/mol. The lowest BCUT2D eigenvalue weighted by Crippen LogP contribution is -1.72. The van der Waals surface area contributed by atoms with Gasteiger partial charge >= 0.3 is 10.3 Å². The first-order valence-electron chi connectivity index (χ1n) is 0.908. The van der Waals surface area contributed by atoms with Gasteiger partial charge in [-0.2, -0.15) is 8.42 Å². The highest BCUT2D eigenvalue weighted by Crippen LogP contribution is 1.96. The first-order chi connectivity index (χ1) is 2.21. The summed E-state index contributed by atoms with van der Waals surface area (Å²) >= 11 is 0. The summed E-state index contributed by atoms with van der Waals surface area (Å²) in [5.74, 6) is 0. The van der Waals surface area contributed by atoms with Crippen LogP contribution in [0.15, 0.2) is 0 Å². The minimum Gasteiger partial charge on any atom is -0.178 e. The van der Waals surface area contributed by atoms with Crippen LogP contribution in [0.25, 0.3) is 0 Å². The van der Waals surface area contributed by atoms with Gasteiger partial charge in [-0.05, 0) is 0 Å². The largest absolute Gasteiger partial charge is 0.376 e. The van der Waals surface area contributed by atoms with Gasteiger partial charge in [0.2, 0.25) is 0 Å². The maximum absolute atomic E-state index is 9.41. The zero-order valence-electron chi connectivity index (χ0n) is 2.13. The molecule has 0 aromatic rings. The highest BCUT2D eigenvalue weighted by molar-refractivity contribution is 7.89. The van der Waals surface area contributed by atoms with Gasteiger partial charge in [-0.15, -0.1) is 4.28 Å². The molecule has 0 aromatic heterocycles. The van der Waals surface area contributed by atoms with Gasteiger partial charge in [0, 0.05) is 0 Å². The summed E-state index contributed by atoms with van der Waals surface area (Å²) in [6, 6.07) is 0. The fourth-order valence-electron chi connectivity index (χ4n) is 0.0278. The lowest BCUT2D eigenvalue weighted by Gasteiger charge is -1.36. The average molecular weight is 95.1 g/mol. The van der Waals surface area contributed by atoms with Crippen molar-refractivity contribution in [1.82, 2.24) is 4.89 Å². The third-order valence-corrected chi connectivity index (χ3v) is 0.658. The topological polar surface area (TPSA) is 68.6 Å². The predicted octanol–water partition coefficient (Wildman–Crippen LogP) is -1.23. The van der Waals surface area contributed by atoms with Gasteiger partial charge in [-0.25, -0.2) is 0 Å². The molecule has 0 saturated carbocycles. The van der Waals surface area contributed by atoms with Crippen LogP contribution in [0, 0.1) is 0 Å². The van der Waals surface area contributed by atoms with E-state index in [1.54, 1.807) is 4.89 Å². The normalized spacial score (nSPS) is 29.6. The molecule has 0 atom stereocenters. The lowest BCUT2D eigenvalue weighted by molar-refractivity contribution is 0.451. The van der Waals surface area contributed by atoms with E-state index >= 15 is 0 Å². The summed E-state index contributed by atoms with van der Waals surface area (Å²) in [6.07, 6.45) is 0. The molecule has 5 heavy (non-hydrogen) atoms. The van der Waals surface area contributed by atoms with Crippen LogP contribution in [0.1, 0.15) is 0 Å². The van der Waals surface area contributed by atoms with Crippen LogP contribution in [0.5, 0.6) is 0 Å². The van der Waals surface area contributed by atoms with Crippen molar-refractivity contribution in [2.45, 2.75) is 0 Å². The fraction of sp³-hybridized carbons (Fsp3) is 0. The molecule has 1 heterocycles. The molecule has 30 valence electrons. The SMILES string of the molecule is O=S1(=O)NO1. The number of nitrogens with one attached hydrogen (secondary N) is 1. The van der Waals surface area contributed by atoms with Crippen molar-refractivity contribution in [2.24, 2.45) is 0 Å². The van der Waals surface area contributed by atoms with Crippen LogP contribution in [-0.2, 0) is 14.6 Å². The van der Waals surface area contributed by atoms with E-state index in [1.165, 1.54) is 0 Å². The molecule has 4 nitrogen and oxygen atoms in total. The molecular formula is HNO3S. The van der Waals surface area contributed by atoms with Gasteiger partial charge in [-0.1, -0.05) is 4.89 Å². The highest BCUT2D eigenvalue weighted by atomic mass is 32.3. The van der Waals surface area contributed by atoms with E-state index in [-0.39, 0.29) is 0 Å². The first kappa shape index (κ1) is 3.08. The van der Waals surface area contributed by atoms with E-state index in [9.17, 15) is 8.42 Å². The van der Waals surface area contributed by atoms with Crippen molar-refractivity contribution in [3.05, 3.63) is 0 Å². The molecule has 0 aliphatic carbocycles. The van der Waals surface area contributed by atoms with Crippen molar-refractivity contribution in [1.29, 1.82) is 0 Å². The summed E-state index contributed by atoms with van der Waals surface area (Å²) in [5.41, 5.74) is 0. The Hall–Kier alpha value is -0.130. The minimum absolute atomic E-state index is 1.65. The van der Waals surface area contributed by atoms with E-state index < -0.39 is 10.3 Å². The average Bonchev–Trinajstić information content (AvgIpc) is 1.76.